The van der Waals surface area contributed by atoms with E-state index in [0.29, 0.717) is 28.5 Å². The molecule has 3 heterocycles. The monoisotopic (exact) mass is 461 g/mol. The molecule has 1 N–H and O–H groups in total. The van der Waals surface area contributed by atoms with Gasteiger partial charge in [-0.1, -0.05) is 48.9 Å². The fourth-order valence-electron chi connectivity index (χ4n) is 4.76. The van der Waals surface area contributed by atoms with Crippen LogP contribution < -0.4 is 10.5 Å². The first kappa shape index (κ1) is 21.7. The van der Waals surface area contributed by atoms with Crippen molar-refractivity contribution < 1.29 is 0 Å². The van der Waals surface area contributed by atoms with E-state index in [2.05, 4.69) is 57.2 Å². The lowest BCUT2D eigenvalue weighted by molar-refractivity contribution is 0.241. The van der Waals surface area contributed by atoms with Gasteiger partial charge in [0.2, 0.25) is 0 Å². The summed E-state index contributed by atoms with van der Waals surface area (Å²) < 4.78 is 1.49. The second-order valence-electron chi connectivity index (χ2n) is 9.40. The van der Waals surface area contributed by atoms with Gasteiger partial charge in [-0.3, -0.25) is 9.89 Å². The highest BCUT2D eigenvalue weighted by molar-refractivity contribution is 6.30. The Bertz CT molecular complexity index is 1340. The van der Waals surface area contributed by atoms with Crippen molar-refractivity contribution >= 4 is 23.1 Å². The highest BCUT2D eigenvalue weighted by Gasteiger charge is 2.31. The van der Waals surface area contributed by atoms with E-state index in [4.69, 9.17) is 11.6 Å². The van der Waals surface area contributed by atoms with Crippen LogP contribution in [0.1, 0.15) is 42.4 Å². The molecule has 1 fully saturated rings. The van der Waals surface area contributed by atoms with E-state index in [1.807, 2.05) is 31.2 Å². The van der Waals surface area contributed by atoms with Crippen molar-refractivity contribution in [2.45, 2.75) is 39.5 Å². The van der Waals surface area contributed by atoms with Crippen LogP contribution in [-0.4, -0.2) is 32.7 Å². The topological polar surface area (TPSA) is 66.3 Å². The molecule has 0 saturated carbocycles. The first-order valence-corrected chi connectivity index (χ1v) is 11.8. The highest BCUT2D eigenvalue weighted by atomic mass is 35.5. The number of hydrogen-bond acceptors (Lipinski definition) is 4. The summed E-state index contributed by atoms with van der Waals surface area (Å²) in [7, 11) is 0. The Morgan fingerprint density at radius 1 is 1.06 bits per heavy atom. The maximum Gasteiger partial charge on any atom is 0.277 e. The number of fused-ring (bicyclic) bond motifs is 1. The van der Waals surface area contributed by atoms with Crippen molar-refractivity contribution in [2.75, 3.05) is 18.0 Å². The number of benzene rings is 2. The van der Waals surface area contributed by atoms with E-state index in [1.54, 1.807) is 0 Å². The zero-order valence-corrected chi connectivity index (χ0v) is 19.8. The van der Waals surface area contributed by atoms with Gasteiger partial charge in [0.05, 0.1) is 5.69 Å². The summed E-state index contributed by atoms with van der Waals surface area (Å²) in [5, 5.41) is 3.90. The molecule has 1 saturated heterocycles. The number of piperidine rings is 1. The molecule has 5 rings (SSSR count). The highest BCUT2D eigenvalue weighted by Crippen LogP contribution is 2.35. The van der Waals surface area contributed by atoms with Crippen molar-refractivity contribution in [3.63, 3.8) is 0 Å². The molecule has 170 valence electrons. The number of aryl methyl sites for hydroxylation is 1. The minimum Gasteiger partial charge on any atom is -0.371 e. The maximum atomic E-state index is 13.2. The molecule has 0 unspecified atom stereocenters. The minimum absolute atomic E-state index is 0.0970. The molecular formula is C26H28ClN5O. The van der Waals surface area contributed by atoms with Gasteiger partial charge in [0.1, 0.15) is 5.82 Å². The molecule has 0 aliphatic carbocycles. The zero-order chi connectivity index (χ0) is 23.0. The van der Waals surface area contributed by atoms with Gasteiger partial charge in [0.15, 0.2) is 0 Å². The number of anilines is 1. The summed E-state index contributed by atoms with van der Waals surface area (Å²) in [5.74, 6) is 1.25. The second kappa shape index (κ2) is 8.67. The number of aromatic nitrogens is 4. The van der Waals surface area contributed by atoms with Crippen LogP contribution in [0.2, 0.25) is 5.02 Å². The van der Waals surface area contributed by atoms with Crippen LogP contribution in [0.4, 0.5) is 5.69 Å². The summed E-state index contributed by atoms with van der Waals surface area (Å²) >= 11 is 6.12. The number of halogens is 1. The van der Waals surface area contributed by atoms with Crippen molar-refractivity contribution in [1.82, 2.24) is 19.6 Å². The lowest BCUT2D eigenvalue weighted by Crippen LogP contribution is -2.39. The van der Waals surface area contributed by atoms with E-state index in [9.17, 15) is 4.79 Å². The van der Waals surface area contributed by atoms with Crippen LogP contribution in [-0.2, 0) is 12.8 Å². The third kappa shape index (κ3) is 4.53. The van der Waals surface area contributed by atoms with Crippen molar-refractivity contribution in [2.24, 2.45) is 5.41 Å². The Morgan fingerprint density at radius 2 is 1.82 bits per heavy atom. The van der Waals surface area contributed by atoms with Crippen LogP contribution in [0.3, 0.4) is 0 Å². The molecule has 7 heteroatoms. The fourth-order valence-corrected chi connectivity index (χ4v) is 4.97. The lowest BCUT2D eigenvalue weighted by atomic mass is 9.77. The number of hydrogen-bond donors (Lipinski definition) is 1. The Hall–Kier alpha value is -3.12. The maximum absolute atomic E-state index is 13.2. The van der Waals surface area contributed by atoms with E-state index < -0.39 is 0 Å². The number of rotatable bonds is 5. The molecule has 0 atom stereocenters. The van der Waals surface area contributed by atoms with Crippen LogP contribution in [0.5, 0.6) is 0 Å². The normalized spacial score (nSPS) is 15.8. The van der Waals surface area contributed by atoms with E-state index >= 15 is 0 Å². The molecule has 33 heavy (non-hydrogen) atoms. The Balaban J connectivity index is 1.35. The summed E-state index contributed by atoms with van der Waals surface area (Å²) in [5.41, 5.74) is 3.66. The fraction of sp³-hybridized carbons (Fsp3) is 0.346. The quantitative estimate of drug-likeness (QED) is 0.462. The van der Waals surface area contributed by atoms with Gasteiger partial charge >= 0.3 is 0 Å². The van der Waals surface area contributed by atoms with Gasteiger partial charge in [-0.15, -0.1) is 0 Å². The average molecular weight is 462 g/mol. The smallest absolute Gasteiger partial charge is 0.277 e. The third-order valence-electron chi connectivity index (χ3n) is 6.80. The summed E-state index contributed by atoms with van der Waals surface area (Å²) in [6.45, 7) is 6.22. The van der Waals surface area contributed by atoms with Crippen molar-refractivity contribution in [3.8, 4) is 0 Å². The van der Waals surface area contributed by atoms with Crippen LogP contribution in [0, 0.1) is 12.3 Å². The standard InChI is InChI=1S/C26H28ClN5O/c1-18-22(16-19-7-6-8-20(27)15-19)24(33)32-25(28-18)29-23(30-32)17-26(2)11-13-31(14-12-26)21-9-4-3-5-10-21/h3-10,15H,11-14,16-17H2,1-2H3,(H,28,29,30). The van der Waals surface area contributed by atoms with Gasteiger partial charge in [-0.05, 0) is 55.0 Å². The molecule has 0 bridgehead atoms. The molecule has 2 aromatic carbocycles. The lowest BCUT2D eigenvalue weighted by Gasteiger charge is -2.40. The molecule has 1 aliphatic rings. The zero-order valence-electron chi connectivity index (χ0n) is 19.0. The second-order valence-corrected chi connectivity index (χ2v) is 9.84. The van der Waals surface area contributed by atoms with Gasteiger partial charge in [-0.25, -0.2) is 4.98 Å². The molecule has 0 amide bonds. The van der Waals surface area contributed by atoms with Crippen LogP contribution in [0.25, 0.3) is 5.78 Å². The number of para-hydroxylation sites is 1. The molecule has 0 spiro atoms. The Kier molecular flexibility index (Phi) is 5.71. The molecular weight excluding hydrogens is 434 g/mol. The van der Waals surface area contributed by atoms with E-state index in [-0.39, 0.29) is 11.0 Å². The Labute approximate surface area is 198 Å². The van der Waals surface area contributed by atoms with E-state index in [1.165, 1.54) is 10.2 Å². The first-order chi connectivity index (χ1) is 15.9. The van der Waals surface area contributed by atoms with Gasteiger partial charge in [0, 0.05) is 42.2 Å². The summed E-state index contributed by atoms with van der Waals surface area (Å²) in [4.78, 5) is 25.0. The average Bonchev–Trinajstić information content (AvgIpc) is 3.19. The van der Waals surface area contributed by atoms with E-state index in [0.717, 1.165) is 43.7 Å². The van der Waals surface area contributed by atoms with Crippen LogP contribution in [0.15, 0.2) is 59.4 Å². The largest absolute Gasteiger partial charge is 0.371 e. The third-order valence-corrected chi connectivity index (χ3v) is 7.03. The number of H-pyrrole nitrogens is 1. The minimum atomic E-state index is -0.0970. The van der Waals surface area contributed by atoms with Gasteiger partial charge in [0.25, 0.3) is 11.3 Å². The Morgan fingerprint density at radius 3 is 2.55 bits per heavy atom. The van der Waals surface area contributed by atoms with Crippen molar-refractivity contribution in [1.29, 1.82) is 0 Å². The van der Waals surface area contributed by atoms with Gasteiger partial charge in [-0.2, -0.15) is 9.50 Å². The first-order valence-electron chi connectivity index (χ1n) is 11.4. The number of nitrogens with one attached hydrogen (secondary N) is 1. The molecule has 2 aromatic heterocycles. The summed E-state index contributed by atoms with van der Waals surface area (Å²) in [6, 6.07) is 18.2. The van der Waals surface area contributed by atoms with Gasteiger partial charge < -0.3 is 4.90 Å². The molecule has 4 aromatic rings. The van der Waals surface area contributed by atoms with Crippen molar-refractivity contribution in [3.05, 3.63) is 92.6 Å². The predicted molar refractivity (Wildman–Crippen MR) is 132 cm³/mol. The number of nitrogens with zero attached hydrogens (tertiary/aromatic N) is 4. The molecule has 6 nitrogen and oxygen atoms in total. The summed E-state index contributed by atoms with van der Waals surface area (Å²) in [6.07, 6.45) is 3.42. The predicted octanol–water partition coefficient (Wildman–Crippen LogP) is 4.82. The van der Waals surface area contributed by atoms with Crippen LogP contribution >= 0.6 is 11.6 Å². The number of aromatic amines is 1. The molecule has 0 radical (unpaired) electrons. The molecule has 1 aliphatic heterocycles. The SMILES string of the molecule is Cc1nc2nc(CC3(C)CCN(c4ccccc4)CC3)[nH]n2c(=O)c1Cc1cccc(Cl)c1.